The van der Waals surface area contributed by atoms with Crippen LogP contribution in [0.5, 0.6) is 0 Å². The minimum absolute atomic E-state index is 0.196. The van der Waals surface area contributed by atoms with Crippen molar-refractivity contribution in [1.82, 2.24) is 4.98 Å². The van der Waals surface area contributed by atoms with Crippen molar-refractivity contribution in [2.24, 2.45) is 0 Å². The summed E-state index contributed by atoms with van der Waals surface area (Å²) in [5.41, 5.74) is 4.53. The molecule has 1 heterocycles. The van der Waals surface area contributed by atoms with Gasteiger partial charge in [0, 0.05) is 30.8 Å². The number of hydrogen-bond donors (Lipinski definition) is 0. The highest BCUT2D eigenvalue weighted by molar-refractivity contribution is 5.80. The van der Waals surface area contributed by atoms with E-state index >= 15 is 0 Å². The highest BCUT2D eigenvalue weighted by Crippen LogP contribution is 2.24. The maximum Gasteiger partial charge on any atom is 0.137 e. The molecule has 3 rings (SSSR count). The summed E-state index contributed by atoms with van der Waals surface area (Å²) < 4.78 is 14.1. The number of rotatable bonds is 7. The van der Waals surface area contributed by atoms with Crippen molar-refractivity contribution in [3.8, 4) is 11.1 Å². The summed E-state index contributed by atoms with van der Waals surface area (Å²) in [7, 11) is 0. The van der Waals surface area contributed by atoms with E-state index in [2.05, 4.69) is 4.98 Å². The molecule has 0 N–H and O–H groups in total. The van der Waals surface area contributed by atoms with Crippen molar-refractivity contribution in [1.29, 1.82) is 0 Å². The Hall–Kier alpha value is -2.81. The number of aryl methyl sites for hydroxylation is 2. The summed E-state index contributed by atoms with van der Waals surface area (Å²) in [6.07, 6.45) is 6.11. The first-order valence-electron chi connectivity index (χ1n) is 8.88. The van der Waals surface area contributed by atoms with Gasteiger partial charge in [-0.05, 0) is 54.2 Å². The highest BCUT2D eigenvalue weighted by Gasteiger charge is 2.07. The lowest BCUT2D eigenvalue weighted by molar-refractivity contribution is -0.118. The molecule has 1 aromatic heterocycles. The van der Waals surface area contributed by atoms with Gasteiger partial charge in [-0.15, -0.1) is 0 Å². The number of halogens is 1. The Morgan fingerprint density at radius 1 is 1.04 bits per heavy atom. The van der Waals surface area contributed by atoms with Crippen molar-refractivity contribution in [3.05, 3.63) is 89.5 Å². The van der Waals surface area contributed by atoms with Gasteiger partial charge in [0.15, 0.2) is 0 Å². The van der Waals surface area contributed by atoms with E-state index in [1.54, 1.807) is 18.5 Å². The van der Waals surface area contributed by atoms with Gasteiger partial charge in [-0.1, -0.05) is 42.5 Å². The Morgan fingerprint density at radius 2 is 1.85 bits per heavy atom. The van der Waals surface area contributed by atoms with Crippen LogP contribution >= 0.6 is 0 Å². The monoisotopic (exact) mass is 347 g/mol. The summed E-state index contributed by atoms with van der Waals surface area (Å²) in [4.78, 5) is 16.1. The van der Waals surface area contributed by atoms with Crippen molar-refractivity contribution in [3.63, 3.8) is 0 Å². The van der Waals surface area contributed by atoms with Gasteiger partial charge < -0.3 is 0 Å². The third-order valence-electron chi connectivity index (χ3n) is 4.43. The summed E-state index contributed by atoms with van der Waals surface area (Å²) in [5, 5.41) is 0. The summed E-state index contributed by atoms with van der Waals surface area (Å²) >= 11 is 0. The quantitative estimate of drug-likeness (QED) is 0.578. The van der Waals surface area contributed by atoms with E-state index in [1.807, 2.05) is 55.5 Å². The molecule has 0 amide bonds. The number of hydrogen-bond acceptors (Lipinski definition) is 2. The van der Waals surface area contributed by atoms with E-state index in [1.165, 1.54) is 0 Å². The molecular formula is C23H22FNO. The fraction of sp³-hybridized carbons (Fsp3) is 0.217. The van der Waals surface area contributed by atoms with Crippen LogP contribution in [0.3, 0.4) is 0 Å². The number of aromatic nitrogens is 1. The average Bonchev–Trinajstić information content (AvgIpc) is 2.63. The van der Waals surface area contributed by atoms with Crippen LogP contribution in [-0.4, -0.2) is 10.8 Å². The molecule has 26 heavy (non-hydrogen) atoms. The fourth-order valence-corrected chi connectivity index (χ4v) is 3.01. The standard InChI is InChI=1S/C23H22FNO/c1-17-7-12-22(23(24)14-17)20-10-8-18(9-11-20)4-2-6-21(26)15-19-5-3-13-25-16-19/h3,5,7-14,16H,2,4,6,15H2,1H3. The summed E-state index contributed by atoms with van der Waals surface area (Å²) in [6, 6.07) is 17.0. The first kappa shape index (κ1) is 18.0. The van der Waals surface area contributed by atoms with E-state index in [0.717, 1.165) is 35.1 Å². The van der Waals surface area contributed by atoms with Crippen LogP contribution in [0, 0.1) is 12.7 Å². The zero-order chi connectivity index (χ0) is 18.4. The molecule has 3 heteroatoms. The predicted octanol–water partition coefficient (Wildman–Crippen LogP) is 5.33. The van der Waals surface area contributed by atoms with Gasteiger partial charge in [0.05, 0.1) is 0 Å². The van der Waals surface area contributed by atoms with Crippen LogP contribution in [0.2, 0.25) is 0 Å². The molecule has 0 unspecified atom stereocenters. The second kappa shape index (κ2) is 8.52. The van der Waals surface area contributed by atoms with Crippen molar-refractivity contribution in [2.75, 3.05) is 0 Å². The average molecular weight is 347 g/mol. The number of pyridine rings is 1. The number of carbonyl (C=O) groups excluding carboxylic acids is 1. The van der Waals surface area contributed by atoms with Crippen LogP contribution in [0.15, 0.2) is 67.0 Å². The zero-order valence-electron chi connectivity index (χ0n) is 14.9. The number of ketones is 1. The Labute approximate surface area is 153 Å². The third-order valence-corrected chi connectivity index (χ3v) is 4.43. The molecule has 0 atom stereocenters. The second-order valence-corrected chi connectivity index (χ2v) is 6.61. The highest BCUT2D eigenvalue weighted by atomic mass is 19.1. The number of carbonyl (C=O) groups is 1. The van der Waals surface area contributed by atoms with E-state index in [9.17, 15) is 9.18 Å². The molecule has 0 spiro atoms. The molecule has 0 radical (unpaired) electrons. The van der Waals surface area contributed by atoms with Crippen LogP contribution in [0.4, 0.5) is 4.39 Å². The first-order chi connectivity index (χ1) is 12.6. The summed E-state index contributed by atoms with van der Waals surface area (Å²) in [5.74, 6) is 0.0371. The lowest BCUT2D eigenvalue weighted by Crippen LogP contribution is -2.03. The van der Waals surface area contributed by atoms with Gasteiger partial charge in [-0.25, -0.2) is 4.39 Å². The molecule has 0 bridgehead atoms. The molecule has 0 aliphatic heterocycles. The zero-order valence-corrected chi connectivity index (χ0v) is 14.9. The molecule has 0 aliphatic rings. The van der Waals surface area contributed by atoms with Crippen LogP contribution in [0.1, 0.15) is 29.5 Å². The number of benzene rings is 2. The van der Waals surface area contributed by atoms with E-state index in [-0.39, 0.29) is 11.6 Å². The molecule has 0 saturated carbocycles. The maximum absolute atomic E-state index is 14.1. The minimum Gasteiger partial charge on any atom is -0.299 e. The van der Waals surface area contributed by atoms with Gasteiger partial charge in [-0.2, -0.15) is 0 Å². The number of nitrogens with zero attached hydrogens (tertiary/aromatic N) is 1. The molecule has 3 aromatic rings. The molecule has 0 fully saturated rings. The van der Waals surface area contributed by atoms with Crippen molar-refractivity contribution >= 4 is 5.78 Å². The molecule has 132 valence electrons. The first-order valence-corrected chi connectivity index (χ1v) is 8.88. The smallest absolute Gasteiger partial charge is 0.137 e. The lowest BCUT2D eigenvalue weighted by atomic mass is 9.99. The maximum atomic E-state index is 14.1. The largest absolute Gasteiger partial charge is 0.299 e. The van der Waals surface area contributed by atoms with Crippen molar-refractivity contribution in [2.45, 2.75) is 32.6 Å². The second-order valence-electron chi connectivity index (χ2n) is 6.61. The van der Waals surface area contributed by atoms with Crippen molar-refractivity contribution < 1.29 is 9.18 Å². The van der Waals surface area contributed by atoms with Crippen LogP contribution < -0.4 is 0 Å². The number of Topliss-reactive ketones (excluding diaryl/α,β-unsaturated/α-hetero) is 1. The SMILES string of the molecule is Cc1ccc(-c2ccc(CCCC(=O)Cc3cccnc3)cc2)c(F)c1. The molecule has 0 saturated heterocycles. The molecule has 2 aromatic carbocycles. The van der Waals surface area contributed by atoms with Gasteiger partial charge in [0.25, 0.3) is 0 Å². The van der Waals surface area contributed by atoms with Crippen LogP contribution in [-0.2, 0) is 17.6 Å². The molecule has 0 aliphatic carbocycles. The molecular weight excluding hydrogens is 325 g/mol. The van der Waals surface area contributed by atoms with Gasteiger partial charge in [0.1, 0.15) is 11.6 Å². The predicted molar refractivity (Wildman–Crippen MR) is 102 cm³/mol. The Bertz CT molecular complexity index is 872. The Balaban J connectivity index is 1.52. The van der Waals surface area contributed by atoms with Gasteiger partial charge in [-0.3, -0.25) is 9.78 Å². The summed E-state index contributed by atoms with van der Waals surface area (Å²) in [6.45, 7) is 1.88. The van der Waals surface area contributed by atoms with Gasteiger partial charge >= 0.3 is 0 Å². The Morgan fingerprint density at radius 3 is 2.54 bits per heavy atom. The van der Waals surface area contributed by atoms with E-state index < -0.39 is 0 Å². The Kier molecular flexibility index (Phi) is 5.90. The van der Waals surface area contributed by atoms with Gasteiger partial charge in [0.2, 0.25) is 0 Å². The normalized spacial score (nSPS) is 10.7. The minimum atomic E-state index is -0.196. The van der Waals surface area contributed by atoms with E-state index in [4.69, 9.17) is 0 Å². The fourth-order valence-electron chi connectivity index (χ4n) is 3.01. The third kappa shape index (κ3) is 4.85. The topological polar surface area (TPSA) is 30.0 Å². The lowest BCUT2D eigenvalue weighted by Gasteiger charge is -2.07. The van der Waals surface area contributed by atoms with E-state index in [0.29, 0.717) is 18.4 Å². The molecule has 2 nitrogen and oxygen atoms in total. The van der Waals surface area contributed by atoms with Crippen LogP contribution in [0.25, 0.3) is 11.1 Å².